The molecule has 44 heavy (non-hydrogen) atoms. The Hall–Kier alpha value is -4.70. The number of rotatable bonds is 9. The number of fused-ring (bicyclic) bond motifs is 1. The molecule has 3 aromatic carbocycles. The third-order valence-corrected chi connectivity index (χ3v) is 9.63. The van der Waals surface area contributed by atoms with E-state index in [2.05, 4.69) is 33.3 Å². The molecule has 0 unspecified atom stereocenters. The molecule has 10 heteroatoms. The van der Waals surface area contributed by atoms with E-state index in [0.29, 0.717) is 24.0 Å². The molecule has 226 valence electrons. The summed E-state index contributed by atoms with van der Waals surface area (Å²) in [6.45, 7) is 7.43. The first kappa shape index (κ1) is 29.4. The van der Waals surface area contributed by atoms with Crippen LogP contribution in [0.2, 0.25) is 0 Å². The van der Waals surface area contributed by atoms with Gasteiger partial charge in [0.2, 0.25) is 0 Å². The first-order valence-electron chi connectivity index (χ1n) is 14.9. The van der Waals surface area contributed by atoms with E-state index in [0.717, 1.165) is 48.3 Å². The first-order chi connectivity index (χ1) is 21.4. The summed E-state index contributed by atoms with van der Waals surface area (Å²) < 4.78 is 33.9. The summed E-state index contributed by atoms with van der Waals surface area (Å²) >= 11 is 0. The van der Waals surface area contributed by atoms with Gasteiger partial charge in [-0.05, 0) is 87.4 Å². The monoisotopic (exact) mass is 609 g/mol. The number of carbonyl (C=O) groups is 1. The maximum Gasteiger partial charge on any atom is 0.339 e. The molecule has 5 aromatic rings. The number of piperidine rings is 1. The zero-order valence-corrected chi connectivity index (χ0v) is 25.7. The Morgan fingerprint density at radius 3 is 2.34 bits per heavy atom. The number of aromatic nitrogens is 3. The van der Waals surface area contributed by atoms with E-state index in [1.165, 1.54) is 6.07 Å². The van der Waals surface area contributed by atoms with Crippen LogP contribution in [0.15, 0.2) is 103 Å². The van der Waals surface area contributed by atoms with Crippen LogP contribution in [0.3, 0.4) is 0 Å². The van der Waals surface area contributed by atoms with Crippen LogP contribution >= 0.6 is 0 Å². The van der Waals surface area contributed by atoms with Crippen molar-refractivity contribution < 1.29 is 17.4 Å². The van der Waals surface area contributed by atoms with Gasteiger partial charge in [0.1, 0.15) is 10.6 Å². The van der Waals surface area contributed by atoms with Crippen molar-refractivity contribution in [2.24, 2.45) is 0 Å². The Morgan fingerprint density at radius 1 is 0.909 bits per heavy atom. The molecule has 1 amide bonds. The SMILES string of the molecule is CCN(CC)c1ccc(C(=O)N2CCC(n3cncc3-c3ccc(OS(=O)(=O)c4cccc5cnccc45)cc3)CC2)cc1. The van der Waals surface area contributed by atoms with Crippen LogP contribution in [0.25, 0.3) is 22.0 Å². The largest absolute Gasteiger partial charge is 0.379 e. The third-order valence-electron chi connectivity index (χ3n) is 8.32. The van der Waals surface area contributed by atoms with Gasteiger partial charge in [-0.15, -0.1) is 0 Å². The van der Waals surface area contributed by atoms with Crippen molar-refractivity contribution in [2.45, 2.75) is 37.6 Å². The lowest BCUT2D eigenvalue weighted by Gasteiger charge is -2.33. The van der Waals surface area contributed by atoms with Crippen LogP contribution in [-0.4, -0.2) is 59.9 Å². The quantitative estimate of drug-likeness (QED) is 0.184. The molecule has 1 fully saturated rings. The fourth-order valence-corrected chi connectivity index (χ4v) is 7.07. The molecular weight excluding hydrogens is 574 g/mol. The van der Waals surface area contributed by atoms with Gasteiger partial charge in [-0.3, -0.25) is 9.78 Å². The second-order valence-corrected chi connectivity index (χ2v) is 12.4. The molecule has 1 aliphatic rings. The number of likely N-dealkylation sites (tertiary alicyclic amines) is 1. The fraction of sp³-hybridized carbons (Fsp3) is 0.265. The van der Waals surface area contributed by atoms with Gasteiger partial charge in [0, 0.05) is 72.2 Å². The molecule has 1 aliphatic heterocycles. The number of hydrogen-bond acceptors (Lipinski definition) is 7. The van der Waals surface area contributed by atoms with E-state index in [1.54, 1.807) is 36.7 Å². The zero-order chi connectivity index (χ0) is 30.7. The van der Waals surface area contributed by atoms with E-state index in [9.17, 15) is 13.2 Å². The molecule has 0 aliphatic carbocycles. The molecule has 3 heterocycles. The first-order valence-corrected chi connectivity index (χ1v) is 16.3. The van der Waals surface area contributed by atoms with Crippen LogP contribution in [0.4, 0.5) is 5.69 Å². The van der Waals surface area contributed by atoms with Crippen molar-refractivity contribution in [3.05, 3.63) is 103 Å². The highest BCUT2D eigenvalue weighted by Crippen LogP contribution is 2.32. The molecule has 0 spiro atoms. The Kier molecular flexibility index (Phi) is 8.34. The molecule has 0 bridgehead atoms. The van der Waals surface area contributed by atoms with Crippen molar-refractivity contribution in [1.82, 2.24) is 19.4 Å². The zero-order valence-electron chi connectivity index (χ0n) is 24.8. The van der Waals surface area contributed by atoms with Gasteiger partial charge in [0.05, 0.1) is 18.2 Å². The summed E-state index contributed by atoms with van der Waals surface area (Å²) in [4.78, 5) is 26.0. The molecule has 1 saturated heterocycles. The van der Waals surface area contributed by atoms with Crippen LogP contribution in [0.1, 0.15) is 43.1 Å². The molecule has 0 atom stereocenters. The Balaban J connectivity index is 1.11. The lowest BCUT2D eigenvalue weighted by molar-refractivity contribution is 0.0695. The average molecular weight is 610 g/mol. The van der Waals surface area contributed by atoms with Gasteiger partial charge in [0.15, 0.2) is 0 Å². The maximum atomic E-state index is 13.2. The van der Waals surface area contributed by atoms with Crippen LogP contribution < -0.4 is 9.08 Å². The van der Waals surface area contributed by atoms with E-state index in [4.69, 9.17) is 4.18 Å². The third kappa shape index (κ3) is 5.90. The fourth-order valence-electron chi connectivity index (χ4n) is 5.92. The Labute approximate surface area is 257 Å². The van der Waals surface area contributed by atoms with Gasteiger partial charge in [-0.1, -0.05) is 12.1 Å². The number of nitrogens with zero attached hydrogens (tertiary/aromatic N) is 5. The second kappa shape index (κ2) is 12.5. The standard InChI is InChI=1S/C34H35N5O4S/c1-3-37(4-2)28-12-8-26(9-13-28)34(40)38-20-17-29(18-21-38)39-24-36-23-32(39)25-10-14-30(15-11-25)43-44(41,42)33-7-5-6-27-22-35-19-16-31(27)33/h5-16,19,22-24,29H,3-4,17-18,20-21H2,1-2H3. The summed E-state index contributed by atoms with van der Waals surface area (Å²) in [5.41, 5.74) is 3.67. The second-order valence-electron chi connectivity index (χ2n) is 10.8. The minimum absolute atomic E-state index is 0.0612. The number of anilines is 1. The van der Waals surface area contributed by atoms with Crippen molar-refractivity contribution in [3.63, 3.8) is 0 Å². The number of amides is 1. The Morgan fingerprint density at radius 2 is 1.64 bits per heavy atom. The normalized spacial score (nSPS) is 14.1. The lowest BCUT2D eigenvalue weighted by Crippen LogP contribution is -2.39. The summed E-state index contributed by atoms with van der Waals surface area (Å²) in [6.07, 6.45) is 8.45. The molecule has 0 N–H and O–H groups in total. The number of benzene rings is 3. The summed E-state index contributed by atoms with van der Waals surface area (Å²) in [5.74, 6) is 0.286. The van der Waals surface area contributed by atoms with E-state index in [1.807, 2.05) is 59.9 Å². The molecular formula is C34H35N5O4S. The summed E-state index contributed by atoms with van der Waals surface area (Å²) in [6, 6.07) is 21.8. The van der Waals surface area contributed by atoms with Crippen LogP contribution in [0.5, 0.6) is 5.75 Å². The summed E-state index contributed by atoms with van der Waals surface area (Å²) in [5, 5.41) is 1.28. The van der Waals surface area contributed by atoms with Crippen LogP contribution in [-0.2, 0) is 10.1 Å². The number of carbonyl (C=O) groups excluding carboxylic acids is 1. The highest BCUT2D eigenvalue weighted by Gasteiger charge is 2.26. The topological polar surface area (TPSA) is 97.6 Å². The van der Waals surface area contributed by atoms with Crippen LogP contribution in [0, 0.1) is 0 Å². The molecule has 9 nitrogen and oxygen atoms in total. The summed E-state index contributed by atoms with van der Waals surface area (Å²) in [7, 11) is -4.05. The molecule has 0 saturated carbocycles. The van der Waals surface area contributed by atoms with Crippen molar-refractivity contribution in [3.8, 4) is 17.0 Å². The van der Waals surface area contributed by atoms with Gasteiger partial charge in [-0.25, -0.2) is 4.98 Å². The van der Waals surface area contributed by atoms with E-state index < -0.39 is 10.1 Å². The van der Waals surface area contributed by atoms with Gasteiger partial charge >= 0.3 is 10.1 Å². The minimum atomic E-state index is -4.05. The van der Waals surface area contributed by atoms with Crippen molar-refractivity contribution in [1.29, 1.82) is 0 Å². The predicted molar refractivity (Wildman–Crippen MR) is 171 cm³/mol. The van der Waals surface area contributed by atoms with Crippen molar-refractivity contribution >= 4 is 32.5 Å². The van der Waals surface area contributed by atoms with Gasteiger partial charge < -0.3 is 18.6 Å². The molecule has 2 aromatic heterocycles. The van der Waals surface area contributed by atoms with Crippen molar-refractivity contribution in [2.75, 3.05) is 31.1 Å². The van der Waals surface area contributed by atoms with E-state index in [-0.39, 0.29) is 22.6 Å². The lowest BCUT2D eigenvalue weighted by atomic mass is 10.0. The molecule has 6 rings (SSSR count). The number of hydrogen-bond donors (Lipinski definition) is 0. The number of pyridine rings is 1. The highest BCUT2D eigenvalue weighted by atomic mass is 32.2. The minimum Gasteiger partial charge on any atom is -0.379 e. The maximum absolute atomic E-state index is 13.2. The Bertz CT molecular complexity index is 1850. The van der Waals surface area contributed by atoms with Gasteiger partial charge in [0.25, 0.3) is 5.91 Å². The van der Waals surface area contributed by atoms with Gasteiger partial charge in [-0.2, -0.15) is 8.42 Å². The smallest absolute Gasteiger partial charge is 0.339 e. The highest BCUT2D eigenvalue weighted by molar-refractivity contribution is 7.87. The number of imidazole rings is 1. The van der Waals surface area contributed by atoms with E-state index >= 15 is 0 Å². The average Bonchev–Trinajstić information content (AvgIpc) is 3.55. The predicted octanol–water partition coefficient (Wildman–Crippen LogP) is 6.19. The molecule has 0 radical (unpaired) electrons.